The Morgan fingerprint density at radius 1 is 1.21 bits per heavy atom. The topological polar surface area (TPSA) is 49.3 Å². The van der Waals surface area contributed by atoms with Crippen LogP contribution in [0.3, 0.4) is 0 Å². The van der Waals surface area contributed by atoms with Crippen LogP contribution in [-0.2, 0) is 4.79 Å². The van der Waals surface area contributed by atoms with Gasteiger partial charge in [0.1, 0.15) is 11.5 Å². The lowest BCUT2D eigenvalue weighted by Crippen LogP contribution is -2.31. The molecule has 1 fully saturated rings. The molecule has 1 aliphatic rings. The van der Waals surface area contributed by atoms with Crippen molar-refractivity contribution in [3.05, 3.63) is 29.6 Å². The highest BCUT2D eigenvalue weighted by molar-refractivity contribution is 5.70. The zero-order valence-electron chi connectivity index (χ0n) is 10.1. The normalized spacial score (nSPS) is 23.1. The quantitative estimate of drug-likeness (QED) is 0.889. The fourth-order valence-corrected chi connectivity index (χ4v) is 2.43. The maximum Gasteiger partial charge on any atom is 0.306 e. The average Bonchev–Trinajstić information content (AvgIpc) is 2.34. The van der Waals surface area contributed by atoms with E-state index in [1.165, 1.54) is 0 Å². The van der Waals surface area contributed by atoms with E-state index in [1.54, 1.807) is 0 Å². The SMILES string of the molecule is O=C(O)C1CCCC(Nc2c(F)cc(F)cc2F)C1. The summed E-state index contributed by atoms with van der Waals surface area (Å²) in [6.07, 6.45) is 2.20. The van der Waals surface area contributed by atoms with Gasteiger partial charge in [0.05, 0.1) is 5.92 Å². The number of aliphatic carboxylic acids is 1. The first-order valence-corrected chi connectivity index (χ1v) is 6.11. The summed E-state index contributed by atoms with van der Waals surface area (Å²) >= 11 is 0. The molecule has 0 heterocycles. The average molecular weight is 273 g/mol. The Hall–Kier alpha value is -1.72. The molecule has 104 valence electrons. The van der Waals surface area contributed by atoms with Crippen LogP contribution in [0.25, 0.3) is 0 Å². The Bertz CT molecular complexity index is 470. The van der Waals surface area contributed by atoms with Gasteiger partial charge < -0.3 is 10.4 Å². The van der Waals surface area contributed by atoms with Crippen LogP contribution in [0.2, 0.25) is 0 Å². The maximum absolute atomic E-state index is 13.5. The van der Waals surface area contributed by atoms with Gasteiger partial charge in [0, 0.05) is 18.2 Å². The molecule has 0 aromatic heterocycles. The standard InChI is InChI=1S/C13H14F3NO2/c14-8-5-10(15)12(11(16)6-8)17-9-3-1-2-7(4-9)13(18)19/h5-7,9,17H,1-4H2,(H,18,19). The highest BCUT2D eigenvalue weighted by Crippen LogP contribution is 2.29. The second-order valence-electron chi connectivity index (χ2n) is 4.79. The van der Waals surface area contributed by atoms with Gasteiger partial charge in [0.2, 0.25) is 0 Å². The minimum atomic E-state index is -1.00. The summed E-state index contributed by atoms with van der Waals surface area (Å²) in [6.45, 7) is 0. The lowest BCUT2D eigenvalue weighted by Gasteiger charge is -2.28. The molecule has 2 rings (SSSR count). The summed E-state index contributed by atoms with van der Waals surface area (Å²) in [6, 6.07) is 0.885. The molecule has 1 aromatic rings. The fraction of sp³-hybridized carbons (Fsp3) is 0.462. The van der Waals surface area contributed by atoms with E-state index >= 15 is 0 Å². The van der Waals surface area contributed by atoms with E-state index in [-0.39, 0.29) is 6.04 Å². The monoisotopic (exact) mass is 273 g/mol. The van der Waals surface area contributed by atoms with E-state index in [9.17, 15) is 18.0 Å². The Balaban J connectivity index is 2.11. The minimum Gasteiger partial charge on any atom is -0.481 e. The summed E-state index contributed by atoms with van der Waals surface area (Å²) in [5.41, 5.74) is -0.391. The summed E-state index contributed by atoms with van der Waals surface area (Å²) in [5, 5.41) is 11.6. The molecule has 0 spiro atoms. The molecule has 0 aliphatic heterocycles. The second kappa shape index (κ2) is 5.50. The smallest absolute Gasteiger partial charge is 0.306 e. The van der Waals surface area contributed by atoms with Gasteiger partial charge >= 0.3 is 5.97 Å². The number of benzene rings is 1. The summed E-state index contributed by atoms with van der Waals surface area (Å²) in [5.74, 6) is -4.39. The largest absolute Gasteiger partial charge is 0.481 e. The number of hydrogen-bond acceptors (Lipinski definition) is 2. The van der Waals surface area contributed by atoms with Crippen molar-refractivity contribution in [1.82, 2.24) is 0 Å². The van der Waals surface area contributed by atoms with Crippen LogP contribution < -0.4 is 5.32 Å². The van der Waals surface area contributed by atoms with Crippen LogP contribution in [0, 0.1) is 23.4 Å². The van der Waals surface area contributed by atoms with Crippen molar-refractivity contribution < 1.29 is 23.1 Å². The minimum absolute atomic E-state index is 0.311. The van der Waals surface area contributed by atoms with Gasteiger partial charge in [-0.15, -0.1) is 0 Å². The Morgan fingerprint density at radius 3 is 2.42 bits per heavy atom. The van der Waals surface area contributed by atoms with Crippen LogP contribution >= 0.6 is 0 Å². The number of hydrogen-bond donors (Lipinski definition) is 2. The van der Waals surface area contributed by atoms with Crippen molar-refractivity contribution >= 4 is 11.7 Å². The Morgan fingerprint density at radius 2 is 1.84 bits per heavy atom. The van der Waals surface area contributed by atoms with Crippen molar-refractivity contribution in [3.8, 4) is 0 Å². The number of nitrogens with one attached hydrogen (secondary N) is 1. The van der Waals surface area contributed by atoms with Gasteiger partial charge in [-0.25, -0.2) is 13.2 Å². The van der Waals surface area contributed by atoms with Crippen LogP contribution in [0.4, 0.5) is 18.9 Å². The molecule has 2 unspecified atom stereocenters. The third kappa shape index (κ3) is 3.19. The molecule has 1 aliphatic carbocycles. The van der Waals surface area contributed by atoms with Crippen molar-refractivity contribution in [2.75, 3.05) is 5.32 Å². The molecule has 0 amide bonds. The lowest BCUT2D eigenvalue weighted by molar-refractivity contribution is -0.142. The third-order valence-electron chi connectivity index (χ3n) is 3.38. The number of anilines is 1. The summed E-state index contributed by atoms with van der Waals surface area (Å²) < 4.78 is 39.7. The maximum atomic E-state index is 13.5. The summed E-state index contributed by atoms with van der Waals surface area (Å²) in [7, 11) is 0. The van der Waals surface area contributed by atoms with E-state index in [4.69, 9.17) is 5.11 Å². The first-order chi connectivity index (χ1) is 8.97. The first-order valence-electron chi connectivity index (χ1n) is 6.11. The number of carbonyl (C=O) groups is 1. The fourth-order valence-electron chi connectivity index (χ4n) is 2.43. The van der Waals surface area contributed by atoms with Gasteiger partial charge in [0.15, 0.2) is 11.6 Å². The number of rotatable bonds is 3. The molecule has 0 saturated heterocycles. The van der Waals surface area contributed by atoms with Gasteiger partial charge in [0.25, 0.3) is 0 Å². The van der Waals surface area contributed by atoms with Crippen molar-refractivity contribution in [3.63, 3.8) is 0 Å². The van der Waals surface area contributed by atoms with Crippen LogP contribution in [0.15, 0.2) is 12.1 Å². The zero-order chi connectivity index (χ0) is 14.0. The predicted octanol–water partition coefficient (Wildman–Crippen LogP) is 3.16. The molecule has 1 saturated carbocycles. The van der Waals surface area contributed by atoms with Gasteiger partial charge in [-0.05, 0) is 19.3 Å². The number of carboxylic acids is 1. The van der Waals surface area contributed by atoms with Crippen molar-refractivity contribution in [2.45, 2.75) is 31.7 Å². The van der Waals surface area contributed by atoms with E-state index in [0.717, 1.165) is 0 Å². The van der Waals surface area contributed by atoms with E-state index in [1.807, 2.05) is 0 Å². The predicted molar refractivity (Wildman–Crippen MR) is 63.3 cm³/mol. The first kappa shape index (κ1) is 13.7. The molecular formula is C13H14F3NO2. The van der Waals surface area contributed by atoms with Crippen LogP contribution in [0.1, 0.15) is 25.7 Å². The third-order valence-corrected chi connectivity index (χ3v) is 3.38. The van der Waals surface area contributed by atoms with E-state index in [0.29, 0.717) is 37.8 Å². The molecule has 6 heteroatoms. The Labute approximate surface area is 108 Å². The van der Waals surface area contributed by atoms with Gasteiger partial charge in [-0.3, -0.25) is 4.79 Å². The van der Waals surface area contributed by atoms with Crippen molar-refractivity contribution in [2.24, 2.45) is 5.92 Å². The molecule has 0 bridgehead atoms. The van der Waals surface area contributed by atoms with E-state index in [2.05, 4.69) is 5.32 Å². The van der Waals surface area contributed by atoms with Crippen LogP contribution in [-0.4, -0.2) is 17.1 Å². The van der Waals surface area contributed by atoms with Crippen molar-refractivity contribution in [1.29, 1.82) is 0 Å². The zero-order valence-corrected chi connectivity index (χ0v) is 10.1. The highest BCUT2D eigenvalue weighted by atomic mass is 19.1. The second-order valence-corrected chi connectivity index (χ2v) is 4.79. The van der Waals surface area contributed by atoms with Crippen LogP contribution in [0.5, 0.6) is 0 Å². The summed E-state index contributed by atoms with van der Waals surface area (Å²) in [4.78, 5) is 10.9. The number of carboxylic acid groups (broad SMARTS) is 1. The molecule has 2 atom stereocenters. The molecule has 1 aromatic carbocycles. The number of halogens is 3. The molecule has 2 N–H and O–H groups in total. The highest BCUT2D eigenvalue weighted by Gasteiger charge is 2.28. The lowest BCUT2D eigenvalue weighted by atomic mass is 9.85. The molecule has 0 radical (unpaired) electrons. The molecular weight excluding hydrogens is 259 g/mol. The molecule has 3 nitrogen and oxygen atoms in total. The van der Waals surface area contributed by atoms with Gasteiger partial charge in [-0.2, -0.15) is 0 Å². The Kier molecular flexibility index (Phi) is 3.97. The molecule has 19 heavy (non-hydrogen) atoms. The van der Waals surface area contributed by atoms with Gasteiger partial charge in [-0.1, -0.05) is 6.42 Å². The van der Waals surface area contributed by atoms with E-state index < -0.39 is 35.0 Å².